The lowest BCUT2D eigenvalue weighted by molar-refractivity contribution is 0.848. The van der Waals surface area contributed by atoms with Crippen LogP contribution in [0.15, 0.2) is 52.7 Å². The average Bonchev–Trinajstić information content (AvgIpc) is 2.95. The molecule has 0 aliphatic rings. The van der Waals surface area contributed by atoms with Crippen LogP contribution in [0.25, 0.3) is 5.69 Å². The van der Waals surface area contributed by atoms with Crippen molar-refractivity contribution in [1.82, 2.24) is 24.7 Å². The van der Waals surface area contributed by atoms with Crippen LogP contribution < -0.4 is 5.56 Å². The average molecular weight is 313 g/mol. The van der Waals surface area contributed by atoms with E-state index < -0.39 is 0 Å². The lowest BCUT2D eigenvalue weighted by atomic mass is 10.3. The third-order valence-corrected chi connectivity index (χ3v) is 4.17. The molecule has 2 aromatic heterocycles. The first kappa shape index (κ1) is 14.5. The Labute approximate surface area is 131 Å². The molecule has 1 N–H and O–H groups in total. The molecule has 112 valence electrons. The summed E-state index contributed by atoms with van der Waals surface area (Å²) in [4.78, 5) is 18.7. The molecule has 0 saturated carbocycles. The Balaban J connectivity index is 1.88. The Morgan fingerprint density at radius 1 is 1.27 bits per heavy atom. The summed E-state index contributed by atoms with van der Waals surface area (Å²) in [6.07, 6.45) is 1.68. The highest BCUT2D eigenvalue weighted by atomic mass is 32.2. The van der Waals surface area contributed by atoms with E-state index >= 15 is 0 Å². The fraction of sp³-hybridized carbons (Fsp3) is 0.200. The van der Waals surface area contributed by atoms with Crippen LogP contribution in [0.2, 0.25) is 0 Å². The Bertz CT molecular complexity index is 827. The van der Waals surface area contributed by atoms with Crippen LogP contribution >= 0.6 is 11.8 Å². The van der Waals surface area contributed by atoms with Crippen LogP contribution in [0.1, 0.15) is 23.7 Å². The molecule has 3 rings (SSSR count). The summed E-state index contributed by atoms with van der Waals surface area (Å²) in [6.45, 7) is 3.79. The van der Waals surface area contributed by atoms with E-state index in [9.17, 15) is 4.79 Å². The zero-order valence-corrected chi connectivity index (χ0v) is 13.0. The maximum absolute atomic E-state index is 11.6. The predicted molar refractivity (Wildman–Crippen MR) is 85.2 cm³/mol. The van der Waals surface area contributed by atoms with E-state index in [1.807, 2.05) is 48.7 Å². The number of benzene rings is 1. The van der Waals surface area contributed by atoms with Gasteiger partial charge >= 0.3 is 0 Å². The number of rotatable bonds is 4. The molecular weight excluding hydrogens is 298 g/mol. The SMILES string of the molecule is Cc1cc(=O)[nH]c([C@H](C)Sc2nncn2-c2ccccc2)n1. The molecule has 1 aromatic carbocycles. The van der Waals surface area contributed by atoms with Crippen molar-refractivity contribution < 1.29 is 0 Å². The van der Waals surface area contributed by atoms with E-state index in [-0.39, 0.29) is 10.8 Å². The number of para-hydroxylation sites is 1. The maximum Gasteiger partial charge on any atom is 0.251 e. The molecule has 0 radical (unpaired) electrons. The molecule has 0 saturated heterocycles. The first-order valence-corrected chi connectivity index (χ1v) is 7.71. The van der Waals surface area contributed by atoms with Crippen LogP contribution in [0.3, 0.4) is 0 Å². The second kappa shape index (κ2) is 6.15. The van der Waals surface area contributed by atoms with E-state index in [4.69, 9.17) is 0 Å². The van der Waals surface area contributed by atoms with E-state index in [1.54, 1.807) is 6.33 Å². The Kier molecular flexibility index (Phi) is 4.06. The normalized spacial score (nSPS) is 12.3. The van der Waals surface area contributed by atoms with Crippen LogP contribution in [0.4, 0.5) is 0 Å². The van der Waals surface area contributed by atoms with Gasteiger partial charge in [-0.1, -0.05) is 30.0 Å². The topological polar surface area (TPSA) is 76.5 Å². The number of H-pyrrole nitrogens is 1. The molecule has 0 fully saturated rings. The number of aromatic nitrogens is 5. The van der Waals surface area contributed by atoms with Gasteiger partial charge in [-0.15, -0.1) is 10.2 Å². The molecule has 0 unspecified atom stereocenters. The van der Waals surface area contributed by atoms with E-state index in [1.165, 1.54) is 17.8 Å². The second-order valence-electron chi connectivity index (χ2n) is 4.85. The highest BCUT2D eigenvalue weighted by Gasteiger charge is 2.15. The second-order valence-corrected chi connectivity index (χ2v) is 6.16. The van der Waals surface area contributed by atoms with Crippen molar-refractivity contribution in [3.05, 3.63) is 64.6 Å². The minimum Gasteiger partial charge on any atom is -0.310 e. The number of hydrogen-bond acceptors (Lipinski definition) is 5. The van der Waals surface area contributed by atoms with Crippen LogP contribution in [0, 0.1) is 6.92 Å². The van der Waals surface area contributed by atoms with Gasteiger partial charge in [0.1, 0.15) is 12.2 Å². The van der Waals surface area contributed by atoms with E-state index in [2.05, 4.69) is 20.2 Å². The molecule has 0 amide bonds. The van der Waals surface area contributed by atoms with Crippen molar-refractivity contribution in [3.8, 4) is 5.69 Å². The smallest absolute Gasteiger partial charge is 0.251 e. The molecule has 3 aromatic rings. The summed E-state index contributed by atoms with van der Waals surface area (Å²) in [6, 6.07) is 11.4. The third kappa shape index (κ3) is 3.09. The van der Waals surface area contributed by atoms with Gasteiger partial charge < -0.3 is 4.98 Å². The van der Waals surface area contributed by atoms with Gasteiger partial charge in [0.25, 0.3) is 5.56 Å². The fourth-order valence-corrected chi connectivity index (χ4v) is 2.98. The Morgan fingerprint density at radius 2 is 2.05 bits per heavy atom. The molecule has 0 aliphatic carbocycles. The van der Waals surface area contributed by atoms with Crippen LogP contribution in [-0.4, -0.2) is 24.7 Å². The molecule has 0 bridgehead atoms. The van der Waals surface area contributed by atoms with Gasteiger partial charge in [0.2, 0.25) is 0 Å². The molecule has 1 atom stereocenters. The highest BCUT2D eigenvalue weighted by molar-refractivity contribution is 7.99. The van der Waals surface area contributed by atoms with Gasteiger partial charge in [-0.25, -0.2) is 4.98 Å². The predicted octanol–water partition coefficient (Wildman–Crippen LogP) is 2.51. The van der Waals surface area contributed by atoms with Crippen molar-refractivity contribution in [2.24, 2.45) is 0 Å². The van der Waals surface area contributed by atoms with Crippen molar-refractivity contribution in [3.63, 3.8) is 0 Å². The van der Waals surface area contributed by atoms with Gasteiger partial charge in [-0.3, -0.25) is 9.36 Å². The zero-order valence-electron chi connectivity index (χ0n) is 12.2. The number of thioether (sulfide) groups is 1. The minimum atomic E-state index is -0.139. The number of hydrogen-bond donors (Lipinski definition) is 1. The molecule has 7 heteroatoms. The van der Waals surface area contributed by atoms with Crippen molar-refractivity contribution in [1.29, 1.82) is 0 Å². The van der Waals surface area contributed by atoms with Gasteiger partial charge in [-0.05, 0) is 26.0 Å². The van der Waals surface area contributed by atoms with Gasteiger partial charge in [0.15, 0.2) is 5.16 Å². The van der Waals surface area contributed by atoms with Gasteiger partial charge in [0, 0.05) is 17.4 Å². The Hall–Kier alpha value is -2.41. The van der Waals surface area contributed by atoms with Gasteiger partial charge in [-0.2, -0.15) is 0 Å². The molecule has 2 heterocycles. The van der Waals surface area contributed by atoms with Crippen molar-refractivity contribution >= 4 is 11.8 Å². The van der Waals surface area contributed by atoms with Crippen molar-refractivity contribution in [2.75, 3.05) is 0 Å². The molecular formula is C15H15N5OS. The van der Waals surface area contributed by atoms with Gasteiger partial charge in [0.05, 0.1) is 5.25 Å². The standard InChI is InChI=1S/C15H15N5OS/c1-10-8-13(21)18-14(17-10)11(2)22-15-19-16-9-20(15)12-6-4-3-5-7-12/h3-9,11H,1-2H3,(H,17,18,21)/t11-/m0/s1. The summed E-state index contributed by atoms with van der Waals surface area (Å²) in [5.74, 6) is 0.637. The lowest BCUT2D eigenvalue weighted by Crippen LogP contribution is -2.12. The highest BCUT2D eigenvalue weighted by Crippen LogP contribution is 2.32. The number of nitrogens with zero attached hydrogens (tertiary/aromatic N) is 4. The number of aryl methyl sites for hydroxylation is 1. The Morgan fingerprint density at radius 3 is 2.77 bits per heavy atom. The lowest BCUT2D eigenvalue weighted by Gasteiger charge is -2.11. The van der Waals surface area contributed by atoms with E-state index in [0.29, 0.717) is 11.5 Å². The molecule has 0 aliphatic heterocycles. The third-order valence-electron chi connectivity index (χ3n) is 3.11. The first-order valence-electron chi connectivity index (χ1n) is 6.83. The molecule has 22 heavy (non-hydrogen) atoms. The zero-order chi connectivity index (χ0) is 15.5. The summed E-state index contributed by atoms with van der Waals surface area (Å²) < 4.78 is 1.91. The number of nitrogens with one attached hydrogen (secondary N) is 1. The summed E-state index contributed by atoms with van der Waals surface area (Å²) in [5, 5.41) is 8.85. The van der Waals surface area contributed by atoms with Crippen molar-refractivity contribution in [2.45, 2.75) is 24.3 Å². The summed E-state index contributed by atoms with van der Waals surface area (Å²) >= 11 is 1.50. The summed E-state index contributed by atoms with van der Waals surface area (Å²) in [5.41, 5.74) is 1.56. The summed E-state index contributed by atoms with van der Waals surface area (Å²) in [7, 11) is 0. The molecule has 6 nitrogen and oxygen atoms in total. The van der Waals surface area contributed by atoms with E-state index in [0.717, 1.165) is 10.8 Å². The quantitative estimate of drug-likeness (QED) is 0.749. The van der Waals surface area contributed by atoms with Crippen LogP contribution in [-0.2, 0) is 0 Å². The maximum atomic E-state index is 11.6. The van der Waals surface area contributed by atoms with Crippen LogP contribution in [0.5, 0.6) is 0 Å². The molecule has 0 spiro atoms. The monoisotopic (exact) mass is 313 g/mol. The largest absolute Gasteiger partial charge is 0.310 e. The fourth-order valence-electron chi connectivity index (χ4n) is 2.08. The first-order chi connectivity index (χ1) is 10.6. The minimum absolute atomic E-state index is 0.0423. The number of aromatic amines is 1.